The first-order valence-electron chi connectivity index (χ1n) is 10.1. The lowest BCUT2D eigenvalue weighted by Crippen LogP contribution is -2.45. The summed E-state index contributed by atoms with van der Waals surface area (Å²) < 4.78 is 38.5. The molecule has 0 heterocycles. The zero-order chi connectivity index (χ0) is 25.1. The Morgan fingerprint density at radius 2 is 1.79 bits per heavy atom. The van der Waals surface area contributed by atoms with Crippen LogP contribution in [-0.2, 0) is 40.9 Å². The predicted octanol–water partition coefficient (Wildman–Crippen LogP) is 3.68. The molecule has 1 aromatic rings. The number of phosphoric ester groups is 1. The van der Waals surface area contributed by atoms with Crippen molar-refractivity contribution in [2.45, 2.75) is 45.4 Å². The van der Waals surface area contributed by atoms with E-state index in [0.717, 1.165) is 0 Å². The Balaban J connectivity index is 3.09. The highest BCUT2D eigenvalue weighted by Crippen LogP contribution is 2.50. The third kappa shape index (κ3) is 10.2. The Morgan fingerprint density at radius 3 is 2.27 bits per heavy atom. The first kappa shape index (κ1) is 28.4. The number of hydrogen-bond acceptors (Lipinski definition) is 9. The van der Waals surface area contributed by atoms with E-state index >= 15 is 0 Å². The molecule has 0 aliphatic heterocycles. The lowest BCUT2D eigenvalue weighted by molar-refractivity contribution is -0.143. The summed E-state index contributed by atoms with van der Waals surface area (Å²) in [5.41, 5.74) is 0.0769. The molecule has 0 radical (unpaired) electrons. The van der Waals surface area contributed by atoms with Crippen molar-refractivity contribution < 1.29 is 42.3 Å². The summed E-state index contributed by atoms with van der Waals surface area (Å²) in [6.07, 6.45) is 2.03. The van der Waals surface area contributed by atoms with E-state index in [1.807, 2.05) is 0 Å². The molecular weight excluding hydrogens is 453 g/mol. The Bertz CT molecular complexity index is 863. The van der Waals surface area contributed by atoms with Crippen LogP contribution in [0, 0.1) is 0 Å². The smallest absolute Gasteiger partial charge is 0.467 e. The Morgan fingerprint density at radius 1 is 1.18 bits per heavy atom. The SMILES string of the molecule is C=CCOP(=O)(OCC=C)Oc1ccc(CC(NC(=O)OC(C)(C)C)C(=O)OC)cc1CO. The molecule has 33 heavy (non-hydrogen) atoms. The summed E-state index contributed by atoms with van der Waals surface area (Å²) in [6, 6.07) is 3.52. The van der Waals surface area contributed by atoms with Gasteiger partial charge < -0.3 is 24.4 Å². The number of alkyl carbamates (subject to hydrolysis) is 1. The van der Waals surface area contributed by atoms with E-state index in [-0.39, 0.29) is 30.9 Å². The summed E-state index contributed by atoms with van der Waals surface area (Å²) in [5, 5.41) is 12.3. The van der Waals surface area contributed by atoms with Crippen molar-refractivity contribution >= 4 is 19.9 Å². The molecule has 1 amide bonds. The van der Waals surface area contributed by atoms with Gasteiger partial charge in [0.1, 0.15) is 17.4 Å². The zero-order valence-electron chi connectivity index (χ0n) is 19.4. The van der Waals surface area contributed by atoms with Crippen LogP contribution >= 0.6 is 7.82 Å². The minimum atomic E-state index is -4.02. The first-order chi connectivity index (χ1) is 15.5. The zero-order valence-corrected chi connectivity index (χ0v) is 20.3. The number of ether oxygens (including phenoxy) is 2. The fourth-order valence-electron chi connectivity index (χ4n) is 2.49. The molecule has 11 heteroatoms. The van der Waals surface area contributed by atoms with Gasteiger partial charge in [-0.1, -0.05) is 18.2 Å². The minimum absolute atomic E-state index is 0.0385. The number of aliphatic hydroxyl groups excluding tert-OH is 1. The van der Waals surface area contributed by atoms with Gasteiger partial charge in [-0.05, 0) is 38.5 Å². The summed E-state index contributed by atoms with van der Waals surface area (Å²) in [4.78, 5) is 24.3. The van der Waals surface area contributed by atoms with Crippen LogP contribution in [-0.4, -0.2) is 49.1 Å². The highest BCUT2D eigenvalue weighted by molar-refractivity contribution is 7.48. The van der Waals surface area contributed by atoms with E-state index in [0.29, 0.717) is 5.56 Å². The van der Waals surface area contributed by atoms with Crippen LogP contribution in [0.3, 0.4) is 0 Å². The maximum absolute atomic E-state index is 12.8. The summed E-state index contributed by atoms with van der Waals surface area (Å²) in [6.45, 7) is 11.4. The van der Waals surface area contributed by atoms with Crippen LogP contribution in [0.25, 0.3) is 0 Å². The molecule has 0 aromatic heterocycles. The van der Waals surface area contributed by atoms with E-state index in [1.165, 1.54) is 31.4 Å². The second-order valence-electron chi connectivity index (χ2n) is 7.73. The van der Waals surface area contributed by atoms with Crippen LogP contribution in [0.15, 0.2) is 43.5 Å². The summed E-state index contributed by atoms with van der Waals surface area (Å²) in [5.74, 6) is -0.612. The number of nitrogens with one attached hydrogen (secondary N) is 1. The van der Waals surface area contributed by atoms with Gasteiger partial charge in [-0.3, -0.25) is 9.05 Å². The van der Waals surface area contributed by atoms with E-state index in [2.05, 4.69) is 18.5 Å². The molecule has 0 bridgehead atoms. The van der Waals surface area contributed by atoms with Crippen molar-refractivity contribution in [3.8, 4) is 5.75 Å². The van der Waals surface area contributed by atoms with Gasteiger partial charge in [0.25, 0.3) is 0 Å². The highest BCUT2D eigenvalue weighted by atomic mass is 31.2. The summed E-state index contributed by atoms with van der Waals surface area (Å²) in [7, 11) is -2.82. The molecule has 0 aliphatic carbocycles. The van der Waals surface area contributed by atoms with Crippen molar-refractivity contribution in [3.63, 3.8) is 0 Å². The fraction of sp³-hybridized carbons (Fsp3) is 0.455. The van der Waals surface area contributed by atoms with Gasteiger partial charge in [0.2, 0.25) is 0 Å². The monoisotopic (exact) mass is 485 g/mol. The van der Waals surface area contributed by atoms with Crippen molar-refractivity contribution in [1.29, 1.82) is 0 Å². The van der Waals surface area contributed by atoms with Gasteiger partial charge >= 0.3 is 19.9 Å². The molecule has 184 valence electrons. The molecule has 1 unspecified atom stereocenters. The van der Waals surface area contributed by atoms with Gasteiger partial charge in [-0.2, -0.15) is 0 Å². The average Bonchev–Trinajstić information content (AvgIpc) is 2.75. The number of rotatable bonds is 13. The van der Waals surface area contributed by atoms with Crippen LogP contribution in [0.5, 0.6) is 5.75 Å². The Kier molecular flexibility index (Phi) is 11.3. The quantitative estimate of drug-likeness (QED) is 0.244. The number of esters is 1. The number of aliphatic hydroxyl groups is 1. The lowest BCUT2D eigenvalue weighted by Gasteiger charge is -2.23. The molecule has 10 nitrogen and oxygen atoms in total. The number of carbonyl (C=O) groups excluding carboxylic acids is 2. The fourth-order valence-corrected chi connectivity index (χ4v) is 3.67. The van der Waals surface area contributed by atoms with Crippen LogP contribution in [0.1, 0.15) is 31.9 Å². The number of amides is 1. The number of benzene rings is 1. The minimum Gasteiger partial charge on any atom is -0.467 e. The Hall–Kier alpha value is -2.65. The van der Waals surface area contributed by atoms with Crippen LogP contribution < -0.4 is 9.84 Å². The molecule has 0 fully saturated rings. The largest absolute Gasteiger partial charge is 0.530 e. The number of phosphoric acid groups is 1. The number of methoxy groups -OCH3 is 1. The molecule has 0 saturated carbocycles. The first-order valence-corrected chi connectivity index (χ1v) is 11.5. The molecule has 2 N–H and O–H groups in total. The van der Waals surface area contributed by atoms with Crippen molar-refractivity contribution in [2.24, 2.45) is 0 Å². The average molecular weight is 485 g/mol. The van der Waals surface area contributed by atoms with Crippen LogP contribution in [0.4, 0.5) is 4.79 Å². The van der Waals surface area contributed by atoms with Gasteiger partial charge in [-0.25, -0.2) is 14.2 Å². The maximum Gasteiger partial charge on any atom is 0.530 e. The van der Waals surface area contributed by atoms with Crippen molar-refractivity contribution in [1.82, 2.24) is 5.32 Å². The lowest BCUT2D eigenvalue weighted by atomic mass is 10.0. The van der Waals surface area contributed by atoms with E-state index in [4.69, 9.17) is 23.0 Å². The molecule has 0 aliphatic rings. The van der Waals surface area contributed by atoms with Crippen molar-refractivity contribution in [3.05, 3.63) is 54.6 Å². The predicted molar refractivity (Wildman–Crippen MR) is 122 cm³/mol. The third-order valence-electron chi connectivity index (χ3n) is 3.82. The van der Waals surface area contributed by atoms with Crippen LogP contribution in [0.2, 0.25) is 0 Å². The second kappa shape index (κ2) is 13.2. The van der Waals surface area contributed by atoms with Crippen molar-refractivity contribution in [2.75, 3.05) is 20.3 Å². The highest BCUT2D eigenvalue weighted by Gasteiger charge is 2.30. The van der Waals surface area contributed by atoms with E-state index in [1.54, 1.807) is 26.8 Å². The summed E-state index contributed by atoms with van der Waals surface area (Å²) >= 11 is 0. The maximum atomic E-state index is 12.8. The van der Waals surface area contributed by atoms with Gasteiger partial charge in [0.15, 0.2) is 0 Å². The Labute approximate surface area is 194 Å². The second-order valence-corrected chi connectivity index (χ2v) is 9.33. The standard InChI is InChI=1S/C22H32NO9P/c1-7-11-29-33(27,30-12-8-2)32-19-10-9-16(13-17(19)15-24)14-18(20(25)28-6)23-21(26)31-22(3,4)5/h7-10,13,18,24H,1-2,11-12,14-15H2,3-6H3,(H,23,26). The molecular formula is C22H32NO9P. The molecule has 1 atom stereocenters. The van der Waals surface area contributed by atoms with Gasteiger partial charge in [0.05, 0.1) is 26.9 Å². The normalized spacial score (nSPS) is 12.4. The topological polar surface area (TPSA) is 130 Å². The van der Waals surface area contributed by atoms with Gasteiger partial charge in [-0.15, -0.1) is 13.2 Å². The number of hydrogen-bond donors (Lipinski definition) is 2. The third-order valence-corrected chi connectivity index (χ3v) is 5.17. The van der Waals surface area contributed by atoms with E-state index < -0.39 is 38.1 Å². The molecule has 0 saturated heterocycles. The molecule has 1 aromatic carbocycles. The molecule has 1 rings (SSSR count). The number of carbonyl (C=O) groups is 2. The van der Waals surface area contributed by atoms with E-state index in [9.17, 15) is 19.3 Å². The molecule has 0 spiro atoms. The van der Waals surface area contributed by atoms with Gasteiger partial charge in [0, 0.05) is 12.0 Å².